The number of nitrogens with zero attached hydrogens (tertiary/aromatic N) is 1. The van der Waals surface area contributed by atoms with Crippen LogP contribution in [0.25, 0.3) is 0 Å². The van der Waals surface area contributed by atoms with Gasteiger partial charge in [-0.05, 0) is 43.0 Å². The zero-order valence-corrected chi connectivity index (χ0v) is 12.9. The van der Waals surface area contributed by atoms with E-state index < -0.39 is 6.10 Å². The number of unbranched alkanes of at least 4 members (excludes halogenated alkanes) is 1. The number of aliphatic hydroxyl groups excluding tert-OH is 1. The number of ether oxygens (including phenoxy) is 1. The molecule has 4 heteroatoms. The molecule has 0 bridgehead atoms. The number of carbonyl (C=O) groups excluding carboxylic acids is 1. The first-order valence-corrected chi connectivity index (χ1v) is 7.82. The van der Waals surface area contributed by atoms with E-state index in [9.17, 15) is 9.90 Å². The highest BCUT2D eigenvalue weighted by Crippen LogP contribution is 2.20. The summed E-state index contributed by atoms with van der Waals surface area (Å²) in [6.45, 7) is 5.99. The Bertz CT molecular complexity index is 458. The van der Waals surface area contributed by atoms with Crippen molar-refractivity contribution in [3.05, 3.63) is 29.8 Å². The fraction of sp³-hybridized carbons (Fsp3) is 0.588. The minimum absolute atomic E-state index is 0.0129. The largest absolute Gasteiger partial charge is 0.494 e. The fourth-order valence-electron chi connectivity index (χ4n) is 2.44. The van der Waals surface area contributed by atoms with Gasteiger partial charge in [0, 0.05) is 18.7 Å². The molecule has 1 aliphatic heterocycles. The third-order valence-electron chi connectivity index (χ3n) is 4.07. The highest BCUT2D eigenvalue weighted by molar-refractivity contribution is 5.94. The molecule has 1 aliphatic rings. The van der Waals surface area contributed by atoms with Crippen molar-refractivity contribution in [3.8, 4) is 5.75 Å². The third-order valence-corrected chi connectivity index (χ3v) is 4.07. The molecule has 1 aromatic carbocycles. The first-order chi connectivity index (χ1) is 10.1. The van der Waals surface area contributed by atoms with Gasteiger partial charge in [-0.3, -0.25) is 4.79 Å². The number of benzene rings is 1. The van der Waals surface area contributed by atoms with Gasteiger partial charge in [-0.25, -0.2) is 0 Å². The summed E-state index contributed by atoms with van der Waals surface area (Å²) in [5.74, 6) is 1.05. The molecule has 1 saturated heterocycles. The highest BCUT2D eigenvalue weighted by Gasteiger charge is 2.27. The van der Waals surface area contributed by atoms with Crippen molar-refractivity contribution < 1.29 is 14.6 Å². The monoisotopic (exact) mass is 291 g/mol. The number of likely N-dealkylation sites (tertiary alicyclic amines) is 1. The molecular weight excluding hydrogens is 266 g/mol. The Hall–Kier alpha value is -1.55. The third kappa shape index (κ3) is 4.21. The van der Waals surface area contributed by atoms with E-state index in [2.05, 4.69) is 6.92 Å². The maximum absolute atomic E-state index is 12.4. The molecule has 1 amide bonds. The molecule has 1 heterocycles. The number of aliphatic hydroxyl groups is 1. The van der Waals surface area contributed by atoms with E-state index in [4.69, 9.17) is 4.74 Å². The zero-order valence-electron chi connectivity index (χ0n) is 12.9. The van der Waals surface area contributed by atoms with Gasteiger partial charge in [0.1, 0.15) is 5.75 Å². The van der Waals surface area contributed by atoms with Crippen molar-refractivity contribution in [3.63, 3.8) is 0 Å². The molecule has 2 rings (SSSR count). The molecule has 0 aromatic heterocycles. The summed E-state index contributed by atoms with van der Waals surface area (Å²) in [5, 5.41) is 9.89. The molecule has 0 saturated carbocycles. The van der Waals surface area contributed by atoms with Crippen LogP contribution in [-0.4, -0.2) is 41.7 Å². The van der Waals surface area contributed by atoms with Gasteiger partial charge in [0.2, 0.25) is 0 Å². The first kappa shape index (κ1) is 15.8. The smallest absolute Gasteiger partial charge is 0.253 e. The molecule has 0 aliphatic carbocycles. The van der Waals surface area contributed by atoms with Crippen LogP contribution < -0.4 is 4.74 Å². The first-order valence-electron chi connectivity index (χ1n) is 7.82. The molecule has 116 valence electrons. The lowest BCUT2D eigenvalue weighted by molar-refractivity contribution is 0.0248. The molecule has 1 N–H and O–H groups in total. The average molecular weight is 291 g/mol. The normalized spacial score (nSPS) is 22.1. The lowest BCUT2D eigenvalue weighted by atomic mass is 9.95. The summed E-state index contributed by atoms with van der Waals surface area (Å²) < 4.78 is 5.59. The van der Waals surface area contributed by atoms with E-state index >= 15 is 0 Å². The topological polar surface area (TPSA) is 49.8 Å². The van der Waals surface area contributed by atoms with Crippen LogP contribution in [0.3, 0.4) is 0 Å². The highest BCUT2D eigenvalue weighted by atomic mass is 16.5. The van der Waals surface area contributed by atoms with E-state index in [0.717, 1.165) is 25.0 Å². The molecule has 1 aromatic rings. The molecule has 0 spiro atoms. The second kappa shape index (κ2) is 7.46. The molecule has 0 radical (unpaired) electrons. The summed E-state index contributed by atoms with van der Waals surface area (Å²) in [7, 11) is 0. The van der Waals surface area contributed by atoms with Crippen LogP contribution in [0.2, 0.25) is 0 Å². The van der Waals surface area contributed by atoms with E-state index in [1.807, 2.05) is 19.1 Å². The predicted octanol–water partition coefficient (Wildman–Crippen LogP) is 2.71. The Kier molecular flexibility index (Phi) is 5.62. The summed E-state index contributed by atoms with van der Waals surface area (Å²) in [5.41, 5.74) is 0.652. The standard InChI is InChI=1S/C17H25NO3/c1-3-4-11-21-15-7-5-14(6-8-15)17(20)18-10-9-13(2)16(19)12-18/h5-8,13,16,19H,3-4,9-12H2,1-2H3. The summed E-state index contributed by atoms with van der Waals surface area (Å²) in [6.07, 6.45) is 2.57. The summed E-state index contributed by atoms with van der Waals surface area (Å²) in [6, 6.07) is 7.28. The van der Waals surface area contributed by atoms with Crippen molar-refractivity contribution in [2.45, 2.75) is 39.2 Å². The average Bonchev–Trinajstić information content (AvgIpc) is 2.50. The molecule has 2 atom stereocenters. The number of carbonyl (C=O) groups is 1. The van der Waals surface area contributed by atoms with Gasteiger partial charge in [0.25, 0.3) is 5.91 Å². The maximum Gasteiger partial charge on any atom is 0.253 e. The van der Waals surface area contributed by atoms with E-state index in [1.165, 1.54) is 0 Å². The number of amides is 1. The molecular formula is C17H25NO3. The minimum Gasteiger partial charge on any atom is -0.494 e. The van der Waals surface area contributed by atoms with Gasteiger partial charge in [0.05, 0.1) is 12.7 Å². The van der Waals surface area contributed by atoms with Crippen LogP contribution in [0, 0.1) is 5.92 Å². The van der Waals surface area contributed by atoms with Crippen LogP contribution in [0.5, 0.6) is 5.75 Å². The Balaban J connectivity index is 1.93. The lowest BCUT2D eigenvalue weighted by Crippen LogP contribution is -2.45. The number of hydrogen-bond acceptors (Lipinski definition) is 3. The minimum atomic E-state index is -0.417. The zero-order chi connectivity index (χ0) is 15.2. The molecule has 4 nitrogen and oxygen atoms in total. The van der Waals surface area contributed by atoms with Crippen molar-refractivity contribution >= 4 is 5.91 Å². The van der Waals surface area contributed by atoms with Crippen molar-refractivity contribution in [2.24, 2.45) is 5.92 Å². The molecule has 2 unspecified atom stereocenters. The van der Waals surface area contributed by atoms with Gasteiger partial charge < -0.3 is 14.7 Å². The Labute approximate surface area is 126 Å². The van der Waals surface area contributed by atoms with Crippen LogP contribution in [0.15, 0.2) is 24.3 Å². The SMILES string of the molecule is CCCCOc1ccc(C(=O)N2CCC(C)C(O)C2)cc1. The van der Waals surface area contributed by atoms with Crippen LogP contribution in [-0.2, 0) is 0 Å². The second-order valence-electron chi connectivity index (χ2n) is 5.81. The van der Waals surface area contributed by atoms with E-state index in [1.54, 1.807) is 17.0 Å². The van der Waals surface area contributed by atoms with Crippen LogP contribution in [0.4, 0.5) is 0 Å². The summed E-state index contributed by atoms with van der Waals surface area (Å²) >= 11 is 0. The molecule has 21 heavy (non-hydrogen) atoms. The van der Waals surface area contributed by atoms with Gasteiger partial charge in [-0.1, -0.05) is 20.3 Å². The number of rotatable bonds is 5. The number of piperidine rings is 1. The van der Waals surface area contributed by atoms with Gasteiger partial charge in [-0.15, -0.1) is 0 Å². The van der Waals surface area contributed by atoms with Crippen LogP contribution >= 0.6 is 0 Å². The Morgan fingerprint density at radius 3 is 2.71 bits per heavy atom. The number of β-amino-alcohol motifs (C(OH)–C–C–N with tert-alkyl or cyclic N) is 1. The predicted molar refractivity (Wildman–Crippen MR) is 82.5 cm³/mol. The van der Waals surface area contributed by atoms with Gasteiger partial charge >= 0.3 is 0 Å². The van der Waals surface area contributed by atoms with Gasteiger partial charge in [-0.2, -0.15) is 0 Å². The number of hydrogen-bond donors (Lipinski definition) is 1. The van der Waals surface area contributed by atoms with Crippen molar-refractivity contribution in [2.75, 3.05) is 19.7 Å². The van der Waals surface area contributed by atoms with E-state index in [0.29, 0.717) is 25.3 Å². The van der Waals surface area contributed by atoms with Crippen molar-refractivity contribution in [1.29, 1.82) is 0 Å². The van der Waals surface area contributed by atoms with Crippen LogP contribution in [0.1, 0.15) is 43.5 Å². The second-order valence-corrected chi connectivity index (χ2v) is 5.81. The fourth-order valence-corrected chi connectivity index (χ4v) is 2.44. The quantitative estimate of drug-likeness (QED) is 0.849. The van der Waals surface area contributed by atoms with Crippen molar-refractivity contribution in [1.82, 2.24) is 4.90 Å². The Morgan fingerprint density at radius 2 is 2.10 bits per heavy atom. The Morgan fingerprint density at radius 1 is 1.38 bits per heavy atom. The molecule has 1 fully saturated rings. The maximum atomic E-state index is 12.4. The summed E-state index contributed by atoms with van der Waals surface area (Å²) in [4.78, 5) is 14.1. The van der Waals surface area contributed by atoms with Gasteiger partial charge in [0.15, 0.2) is 0 Å². The van der Waals surface area contributed by atoms with E-state index in [-0.39, 0.29) is 11.8 Å². The lowest BCUT2D eigenvalue weighted by Gasteiger charge is -2.34.